The molecule has 4 atom stereocenters. The van der Waals surface area contributed by atoms with Crippen LogP contribution in [0.4, 0.5) is 0 Å². The number of hydrogen-bond acceptors (Lipinski definition) is 6. The molecule has 4 amide bonds. The minimum atomic E-state index is -0.559. The number of carbonyl (C=O) groups is 4. The predicted molar refractivity (Wildman–Crippen MR) is 209 cm³/mol. The number of aromatic amines is 2. The summed E-state index contributed by atoms with van der Waals surface area (Å²) in [7, 11) is 0. The third-order valence-electron chi connectivity index (χ3n) is 10.8. The first-order valence-corrected chi connectivity index (χ1v) is 19.5. The van der Waals surface area contributed by atoms with Crippen molar-refractivity contribution in [1.29, 1.82) is 0 Å². The van der Waals surface area contributed by atoms with Crippen LogP contribution in [0.15, 0.2) is 60.9 Å². The molecule has 12 nitrogen and oxygen atoms in total. The minimum Gasteiger partial charge on any atom is -0.344 e. The van der Waals surface area contributed by atoms with Gasteiger partial charge in [-0.15, -0.1) is 0 Å². The lowest BCUT2D eigenvalue weighted by molar-refractivity contribution is -0.138. The maximum Gasteiger partial charge on any atom is 0.246 e. The van der Waals surface area contributed by atoms with Gasteiger partial charge in [0.2, 0.25) is 23.6 Å². The predicted octanol–water partition coefficient (Wildman–Crippen LogP) is 6.56. The first-order valence-electron chi connectivity index (χ1n) is 19.5. The van der Waals surface area contributed by atoms with Crippen LogP contribution in [0.5, 0.6) is 0 Å². The molecule has 2 saturated heterocycles. The van der Waals surface area contributed by atoms with Crippen molar-refractivity contribution in [2.75, 3.05) is 13.1 Å². The average molecular weight is 735 g/mol. The zero-order valence-electron chi connectivity index (χ0n) is 32.3. The fourth-order valence-electron chi connectivity index (χ4n) is 7.55. The molecule has 6 rings (SSSR count). The molecule has 4 heterocycles. The van der Waals surface area contributed by atoms with E-state index in [9.17, 15) is 19.2 Å². The summed E-state index contributed by atoms with van der Waals surface area (Å²) in [5.41, 5.74) is 5.91. The third kappa shape index (κ3) is 8.27. The molecule has 0 saturated carbocycles. The van der Waals surface area contributed by atoms with Crippen molar-refractivity contribution in [3.63, 3.8) is 0 Å². The van der Waals surface area contributed by atoms with Crippen LogP contribution in [0.1, 0.15) is 104 Å². The summed E-state index contributed by atoms with van der Waals surface area (Å²) in [5.74, 6) is 1.12. The molecule has 2 aromatic heterocycles. The molecule has 0 bridgehead atoms. The molecule has 0 unspecified atom stereocenters. The smallest absolute Gasteiger partial charge is 0.246 e. The Morgan fingerprint density at radius 3 is 1.31 bits per heavy atom. The second kappa shape index (κ2) is 16.8. The fourth-order valence-corrected chi connectivity index (χ4v) is 7.55. The largest absolute Gasteiger partial charge is 0.344 e. The fraction of sp³-hybridized carbons (Fsp3) is 0.476. The van der Waals surface area contributed by atoms with Gasteiger partial charge >= 0.3 is 0 Å². The first-order chi connectivity index (χ1) is 26.0. The van der Waals surface area contributed by atoms with E-state index >= 15 is 0 Å². The number of imidazole rings is 2. The Bertz CT molecular complexity index is 1790. The molecule has 4 N–H and O–H groups in total. The van der Waals surface area contributed by atoms with Gasteiger partial charge in [-0.1, -0.05) is 90.1 Å². The van der Waals surface area contributed by atoms with Gasteiger partial charge in [-0.25, -0.2) is 9.97 Å². The summed E-state index contributed by atoms with van der Waals surface area (Å²) in [6, 6.07) is 15.2. The van der Waals surface area contributed by atoms with Crippen LogP contribution in [0, 0.1) is 11.8 Å². The topological polar surface area (TPSA) is 156 Å². The molecule has 12 heteroatoms. The number of aromatic nitrogens is 4. The number of amides is 4. The van der Waals surface area contributed by atoms with Gasteiger partial charge in [0.25, 0.3) is 0 Å². The highest BCUT2D eigenvalue weighted by Crippen LogP contribution is 2.35. The number of nitrogens with zero attached hydrogens (tertiary/aromatic N) is 4. The average Bonchev–Trinajstić information content (AvgIpc) is 4.02. The van der Waals surface area contributed by atoms with Gasteiger partial charge in [0.15, 0.2) is 0 Å². The highest BCUT2D eigenvalue weighted by Gasteiger charge is 2.38. The molecule has 2 fully saturated rings. The van der Waals surface area contributed by atoms with Crippen LogP contribution in [-0.2, 0) is 19.2 Å². The van der Waals surface area contributed by atoms with E-state index in [0.717, 1.165) is 71.0 Å². The number of nitrogens with one attached hydrogen (secondary N) is 4. The van der Waals surface area contributed by atoms with Crippen molar-refractivity contribution in [1.82, 2.24) is 40.4 Å². The first kappa shape index (κ1) is 38.5. The molecule has 0 radical (unpaired) electrons. The van der Waals surface area contributed by atoms with E-state index < -0.39 is 12.1 Å². The standard InChI is InChI=1S/C42H54N8O4/c1-7-35(51)47-37(25(3)4)41(53)49-21-9-11-33(49)39-43-23-31(45-39)29-17-13-27(14-18-29)28-15-19-30(20-16-28)32-24-44-40(46-32)34-12-10-22-50(34)42(54)38(26(5)6)48-36(52)8-2/h13-20,23-26,33-34,37-38H,7-12,21-22H2,1-6H3,(H,43,45)(H,44,46)(H,47,51)(H,48,52)/t33-,34-,37-,38-/m0/s1. The Morgan fingerprint density at radius 2 is 0.981 bits per heavy atom. The van der Waals surface area contributed by atoms with Gasteiger partial charge in [-0.05, 0) is 59.8 Å². The van der Waals surface area contributed by atoms with Crippen LogP contribution >= 0.6 is 0 Å². The number of H-pyrrole nitrogens is 2. The lowest BCUT2D eigenvalue weighted by Gasteiger charge is -2.30. The van der Waals surface area contributed by atoms with E-state index in [2.05, 4.69) is 69.1 Å². The van der Waals surface area contributed by atoms with Crippen LogP contribution < -0.4 is 10.6 Å². The summed E-state index contributed by atoms with van der Waals surface area (Å²) < 4.78 is 0. The van der Waals surface area contributed by atoms with Gasteiger partial charge in [-0.2, -0.15) is 0 Å². The zero-order chi connectivity index (χ0) is 38.5. The van der Waals surface area contributed by atoms with Crippen LogP contribution in [0.25, 0.3) is 33.6 Å². The van der Waals surface area contributed by atoms with Crippen molar-refractivity contribution >= 4 is 23.6 Å². The molecule has 4 aromatic rings. The van der Waals surface area contributed by atoms with Gasteiger partial charge in [0.05, 0.1) is 35.9 Å². The van der Waals surface area contributed by atoms with Gasteiger partial charge in [0.1, 0.15) is 23.7 Å². The summed E-state index contributed by atoms with van der Waals surface area (Å²) in [5, 5.41) is 5.83. The van der Waals surface area contributed by atoms with E-state index in [-0.39, 0.29) is 47.5 Å². The molecule has 54 heavy (non-hydrogen) atoms. The molecule has 2 aliphatic rings. The number of rotatable bonds is 13. The monoisotopic (exact) mass is 734 g/mol. The van der Waals surface area contributed by atoms with E-state index in [1.165, 1.54) is 0 Å². The van der Waals surface area contributed by atoms with Crippen molar-refractivity contribution in [2.24, 2.45) is 11.8 Å². The normalized spacial score (nSPS) is 18.3. The number of carbonyl (C=O) groups excluding carboxylic acids is 4. The highest BCUT2D eigenvalue weighted by molar-refractivity contribution is 5.89. The highest BCUT2D eigenvalue weighted by atomic mass is 16.2. The zero-order valence-corrected chi connectivity index (χ0v) is 32.3. The molecule has 0 spiro atoms. The van der Waals surface area contributed by atoms with Crippen molar-refractivity contribution in [2.45, 2.75) is 104 Å². The Balaban J connectivity index is 1.11. The lowest BCUT2D eigenvalue weighted by Crippen LogP contribution is -2.51. The van der Waals surface area contributed by atoms with Crippen LogP contribution in [-0.4, -0.2) is 78.5 Å². The quantitative estimate of drug-likeness (QED) is 0.122. The van der Waals surface area contributed by atoms with E-state index in [1.54, 1.807) is 13.8 Å². The molecule has 286 valence electrons. The Labute approximate surface area is 317 Å². The molecule has 2 aromatic carbocycles. The number of benzene rings is 2. The van der Waals surface area contributed by atoms with Crippen molar-refractivity contribution in [3.05, 3.63) is 72.6 Å². The Morgan fingerprint density at radius 1 is 0.630 bits per heavy atom. The summed E-state index contributed by atoms with van der Waals surface area (Å²) in [6.07, 6.45) is 7.73. The molecular weight excluding hydrogens is 681 g/mol. The maximum absolute atomic E-state index is 13.6. The molecule has 2 aliphatic heterocycles. The number of likely N-dealkylation sites (tertiary alicyclic amines) is 2. The van der Waals surface area contributed by atoms with E-state index in [1.807, 2.05) is 49.9 Å². The molecular formula is C42H54N8O4. The SMILES string of the molecule is CCC(=O)N[C@H](C(=O)N1CCC[C@H]1c1ncc(-c2ccc(-c3ccc(-c4cnc([C@@H]5CCCN5C(=O)[C@@H](NC(=O)CC)C(C)C)[nH]4)cc3)cc2)[nH]1)C(C)C. The van der Waals surface area contributed by atoms with Gasteiger partial charge in [0, 0.05) is 25.9 Å². The van der Waals surface area contributed by atoms with Gasteiger partial charge in [-0.3, -0.25) is 19.2 Å². The Hall–Kier alpha value is -5.26. The lowest BCUT2D eigenvalue weighted by atomic mass is 10.0. The second-order valence-electron chi connectivity index (χ2n) is 15.2. The third-order valence-corrected chi connectivity index (χ3v) is 10.8. The van der Waals surface area contributed by atoms with Crippen LogP contribution in [0.3, 0.4) is 0 Å². The molecule has 0 aliphatic carbocycles. The summed E-state index contributed by atoms with van der Waals surface area (Å²) in [6.45, 7) is 12.7. The van der Waals surface area contributed by atoms with Gasteiger partial charge < -0.3 is 30.4 Å². The minimum absolute atomic E-state index is 0.0212. The van der Waals surface area contributed by atoms with E-state index in [4.69, 9.17) is 9.97 Å². The number of hydrogen-bond donors (Lipinski definition) is 4. The van der Waals surface area contributed by atoms with Crippen molar-refractivity contribution in [3.8, 4) is 33.6 Å². The maximum atomic E-state index is 13.6. The van der Waals surface area contributed by atoms with Crippen molar-refractivity contribution < 1.29 is 19.2 Å². The summed E-state index contributed by atoms with van der Waals surface area (Å²) in [4.78, 5) is 71.5. The Kier molecular flexibility index (Phi) is 12.0. The van der Waals surface area contributed by atoms with Crippen LogP contribution in [0.2, 0.25) is 0 Å². The summed E-state index contributed by atoms with van der Waals surface area (Å²) >= 11 is 0. The second-order valence-corrected chi connectivity index (χ2v) is 15.2. The van der Waals surface area contributed by atoms with E-state index in [0.29, 0.717) is 25.9 Å².